The van der Waals surface area contributed by atoms with Crippen molar-refractivity contribution < 1.29 is 4.79 Å². The van der Waals surface area contributed by atoms with Crippen LogP contribution in [0.3, 0.4) is 0 Å². The zero-order valence-electron chi connectivity index (χ0n) is 9.51. The number of hydrogen-bond donors (Lipinski definition) is 3. The molecule has 1 amide bonds. The van der Waals surface area contributed by atoms with Gasteiger partial charge in [0.05, 0.1) is 12.2 Å². The number of anilines is 1. The molecule has 0 aromatic carbocycles. The number of carbonyl (C=O) groups excluding carboxylic acids is 1. The normalized spacial score (nSPS) is 12.4. The van der Waals surface area contributed by atoms with Gasteiger partial charge in [0, 0.05) is 18.8 Å². The van der Waals surface area contributed by atoms with Crippen LogP contribution in [0, 0.1) is 0 Å². The maximum Gasteiger partial charge on any atom is 0.289 e. The lowest BCUT2D eigenvalue weighted by atomic mass is 10.2. The third kappa shape index (κ3) is 2.41. The molecule has 1 atom stereocenters. The SMILES string of the molecule is C[C@@H](NC(=O)c1nc(N)n[nH]1)c1cnn(C)c1. The van der Waals surface area contributed by atoms with Crippen molar-refractivity contribution in [3.63, 3.8) is 0 Å². The molecule has 0 radical (unpaired) electrons. The van der Waals surface area contributed by atoms with Crippen molar-refractivity contribution in [2.45, 2.75) is 13.0 Å². The number of nitrogens with zero attached hydrogens (tertiary/aromatic N) is 4. The first-order valence-electron chi connectivity index (χ1n) is 5.03. The van der Waals surface area contributed by atoms with Gasteiger partial charge in [-0.25, -0.2) is 0 Å². The standard InChI is InChI=1S/C9H13N7O/c1-5(6-3-11-16(2)4-6)12-8(17)7-13-9(10)15-14-7/h3-5H,1-2H3,(H,12,17)(H3,10,13,14,15)/t5-/m1/s1. The Morgan fingerprint density at radius 1 is 1.65 bits per heavy atom. The molecule has 0 fully saturated rings. The fourth-order valence-electron chi connectivity index (χ4n) is 1.39. The molecule has 2 aromatic rings. The van der Waals surface area contributed by atoms with Crippen LogP contribution in [-0.4, -0.2) is 30.9 Å². The van der Waals surface area contributed by atoms with E-state index in [9.17, 15) is 4.79 Å². The Kier molecular flexibility index (Phi) is 2.77. The van der Waals surface area contributed by atoms with Gasteiger partial charge in [-0.15, -0.1) is 5.10 Å². The van der Waals surface area contributed by atoms with Gasteiger partial charge in [-0.05, 0) is 6.92 Å². The summed E-state index contributed by atoms with van der Waals surface area (Å²) in [5, 5.41) is 12.8. The molecule has 0 unspecified atom stereocenters. The average molecular weight is 235 g/mol. The number of nitrogen functional groups attached to an aromatic ring is 1. The summed E-state index contributed by atoms with van der Waals surface area (Å²) in [6.45, 7) is 1.86. The summed E-state index contributed by atoms with van der Waals surface area (Å²) in [7, 11) is 1.81. The maximum absolute atomic E-state index is 11.7. The largest absolute Gasteiger partial charge is 0.366 e. The van der Waals surface area contributed by atoms with Gasteiger partial charge in [0.25, 0.3) is 5.91 Å². The smallest absolute Gasteiger partial charge is 0.289 e. The minimum Gasteiger partial charge on any atom is -0.366 e. The molecule has 0 aliphatic heterocycles. The first-order valence-corrected chi connectivity index (χ1v) is 5.03. The lowest BCUT2D eigenvalue weighted by Crippen LogP contribution is -2.27. The van der Waals surface area contributed by atoms with Crippen molar-refractivity contribution in [1.82, 2.24) is 30.3 Å². The Hall–Kier alpha value is -2.38. The number of aromatic amines is 1. The van der Waals surface area contributed by atoms with Crippen LogP contribution in [-0.2, 0) is 7.05 Å². The molecule has 8 nitrogen and oxygen atoms in total. The fraction of sp³-hybridized carbons (Fsp3) is 0.333. The third-order valence-corrected chi connectivity index (χ3v) is 2.29. The summed E-state index contributed by atoms with van der Waals surface area (Å²) in [5.74, 6) is -0.215. The van der Waals surface area contributed by atoms with Crippen molar-refractivity contribution in [2.24, 2.45) is 7.05 Å². The number of H-pyrrole nitrogens is 1. The average Bonchev–Trinajstić information content (AvgIpc) is 2.87. The zero-order chi connectivity index (χ0) is 12.4. The Morgan fingerprint density at radius 2 is 2.41 bits per heavy atom. The minimum atomic E-state index is -0.356. The van der Waals surface area contributed by atoms with E-state index in [1.165, 1.54) is 0 Å². The predicted octanol–water partition coefficient (Wildman–Crippen LogP) is -0.389. The van der Waals surface area contributed by atoms with Crippen LogP contribution in [0.2, 0.25) is 0 Å². The number of hydrogen-bond acceptors (Lipinski definition) is 5. The summed E-state index contributed by atoms with van der Waals surface area (Å²) in [4.78, 5) is 15.5. The number of nitrogens with one attached hydrogen (secondary N) is 2. The summed E-state index contributed by atoms with van der Waals surface area (Å²) in [6, 6.07) is -0.164. The van der Waals surface area contributed by atoms with Crippen LogP contribution < -0.4 is 11.1 Å². The number of rotatable bonds is 3. The minimum absolute atomic E-state index is 0.0455. The molecule has 0 aliphatic rings. The number of aromatic nitrogens is 5. The van der Waals surface area contributed by atoms with Gasteiger partial charge < -0.3 is 11.1 Å². The molecule has 2 heterocycles. The second-order valence-corrected chi connectivity index (χ2v) is 3.68. The van der Waals surface area contributed by atoms with E-state index >= 15 is 0 Å². The van der Waals surface area contributed by atoms with Crippen LogP contribution in [0.4, 0.5) is 5.95 Å². The zero-order valence-corrected chi connectivity index (χ0v) is 9.51. The van der Waals surface area contributed by atoms with Crippen molar-refractivity contribution in [1.29, 1.82) is 0 Å². The summed E-state index contributed by atoms with van der Waals surface area (Å²) in [5.41, 5.74) is 6.23. The van der Waals surface area contributed by atoms with Gasteiger partial charge in [0.1, 0.15) is 0 Å². The fourth-order valence-corrected chi connectivity index (χ4v) is 1.39. The van der Waals surface area contributed by atoms with Gasteiger partial charge in [-0.3, -0.25) is 14.6 Å². The van der Waals surface area contributed by atoms with Crippen molar-refractivity contribution in [3.05, 3.63) is 23.8 Å². The summed E-state index contributed by atoms with van der Waals surface area (Å²) >= 11 is 0. The van der Waals surface area contributed by atoms with Gasteiger partial charge >= 0.3 is 0 Å². The molecule has 0 aliphatic carbocycles. The van der Waals surface area contributed by atoms with Crippen LogP contribution >= 0.6 is 0 Å². The van der Waals surface area contributed by atoms with E-state index in [-0.39, 0.29) is 23.7 Å². The second kappa shape index (κ2) is 4.24. The highest BCUT2D eigenvalue weighted by Crippen LogP contribution is 2.10. The Morgan fingerprint density at radius 3 is 2.94 bits per heavy atom. The Bertz CT molecular complexity index is 529. The molecular weight excluding hydrogens is 222 g/mol. The maximum atomic E-state index is 11.7. The first-order chi connectivity index (χ1) is 8.06. The van der Waals surface area contributed by atoms with E-state index in [4.69, 9.17) is 5.73 Å². The van der Waals surface area contributed by atoms with Gasteiger partial charge in [-0.2, -0.15) is 10.1 Å². The number of carbonyl (C=O) groups is 1. The second-order valence-electron chi connectivity index (χ2n) is 3.68. The molecule has 90 valence electrons. The van der Waals surface area contributed by atoms with Crippen LogP contribution in [0.15, 0.2) is 12.4 Å². The van der Waals surface area contributed by atoms with E-state index < -0.39 is 0 Å². The molecule has 0 spiro atoms. The molecule has 0 saturated heterocycles. The van der Waals surface area contributed by atoms with Crippen LogP contribution in [0.1, 0.15) is 29.1 Å². The highest BCUT2D eigenvalue weighted by Gasteiger charge is 2.15. The number of amides is 1. The predicted molar refractivity (Wildman–Crippen MR) is 59.9 cm³/mol. The van der Waals surface area contributed by atoms with E-state index in [2.05, 4.69) is 25.6 Å². The quantitative estimate of drug-likeness (QED) is 0.670. The molecule has 17 heavy (non-hydrogen) atoms. The number of nitrogens with two attached hydrogens (primary N) is 1. The van der Waals surface area contributed by atoms with Gasteiger partial charge in [-0.1, -0.05) is 0 Å². The van der Waals surface area contributed by atoms with Crippen LogP contribution in [0.5, 0.6) is 0 Å². The lowest BCUT2D eigenvalue weighted by molar-refractivity contribution is 0.0930. The molecule has 4 N–H and O–H groups in total. The van der Waals surface area contributed by atoms with Crippen LogP contribution in [0.25, 0.3) is 0 Å². The highest BCUT2D eigenvalue weighted by atomic mass is 16.2. The molecule has 0 saturated carbocycles. The molecule has 2 rings (SSSR count). The summed E-state index contributed by atoms with van der Waals surface area (Å²) < 4.78 is 1.67. The molecular formula is C9H13N7O. The monoisotopic (exact) mass is 235 g/mol. The van der Waals surface area contributed by atoms with E-state index in [0.717, 1.165) is 5.56 Å². The van der Waals surface area contributed by atoms with E-state index in [0.29, 0.717) is 0 Å². The molecule has 8 heteroatoms. The van der Waals surface area contributed by atoms with Crippen molar-refractivity contribution >= 4 is 11.9 Å². The lowest BCUT2D eigenvalue weighted by Gasteiger charge is -2.10. The molecule has 0 bridgehead atoms. The topological polar surface area (TPSA) is 115 Å². The molecule has 2 aromatic heterocycles. The van der Waals surface area contributed by atoms with Crippen molar-refractivity contribution in [2.75, 3.05) is 5.73 Å². The van der Waals surface area contributed by atoms with E-state index in [1.54, 1.807) is 10.9 Å². The Labute approximate surface area is 97.2 Å². The highest BCUT2D eigenvalue weighted by molar-refractivity contribution is 5.90. The first kappa shape index (κ1) is 11.1. The Balaban J connectivity index is 2.04. The summed E-state index contributed by atoms with van der Waals surface area (Å²) in [6.07, 6.45) is 3.53. The van der Waals surface area contributed by atoms with Gasteiger partial charge in [0.2, 0.25) is 11.8 Å². The number of aryl methyl sites for hydroxylation is 1. The van der Waals surface area contributed by atoms with E-state index in [1.807, 2.05) is 20.2 Å². The third-order valence-electron chi connectivity index (χ3n) is 2.29. The van der Waals surface area contributed by atoms with Gasteiger partial charge in [0.15, 0.2) is 0 Å². The van der Waals surface area contributed by atoms with Crippen molar-refractivity contribution in [3.8, 4) is 0 Å².